The molecule has 0 aliphatic carbocycles. The van der Waals surface area contributed by atoms with Crippen LogP contribution in [0.2, 0.25) is 0 Å². The molecule has 4 rings (SSSR count). The van der Waals surface area contributed by atoms with Crippen LogP contribution in [0.25, 0.3) is 17.1 Å². The predicted molar refractivity (Wildman–Crippen MR) is 129 cm³/mol. The largest absolute Gasteiger partial charge is 0.411 e. The summed E-state index contributed by atoms with van der Waals surface area (Å²) in [4.78, 5) is 12.8. The highest BCUT2D eigenvalue weighted by molar-refractivity contribution is 7.99. The minimum atomic E-state index is -0.266. The van der Waals surface area contributed by atoms with Gasteiger partial charge in [0.25, 0.3) is 5.22 Å². The molecule has 0 atom stereocenters. The Bertz CT molecular complexity index is 1350. The van der Waals surface area contributed by atoms with Crippen LogP contribution in [0, 0.1) is 39.0 Å². The third-order valence-electron chi connectivity index (χ3n) is 5.30. The fraction of sp³-hybridized carbons (Fsp3) is 0.200. The van der Waals surface area contributed by atoms with E-state index in [0.29, 0.717) is 22.5 Å². The van der Waals surface area contributed by atoms with E-state index < -0.39 is 0 Å². The van der Waals surface area contributed by atoms with Crippen LogP contribution in [0.15, 0.2) is 58.2 Å². The van der Waals surface area contributed by atoms with Gasteiger partial charge in [0.1, 0.15) is 11.9 Å². The summed E-state index contributed by atoms with van der Waals surface area (Å²) in [6.45, 7) is 7.83. The molecule has 0 saturated carbocycles. The van der Waals surface area contributed by atoms with E-state index in [-0.39, 0.29) is 11.7 Å². The summed E-state index contributed by atoms with van der Waals surface area (Å²) in [6.07, 6.45) is 0. The third kappa shape index (κ3) is 4.69. The van der Waals surface area contributed by atoms with Gasteiger partial charge in [-0.25, -0.2) is 0 Å². The first kappa shape index (κ1) is 22.4. The molecule has 0 saturated heterocycles. The SMILES string of the molecule is Cc1cc(C)cc(-c2nnc(SCC(=O)Nc3c(C#N)c(C)c(C)n3-c3ccccc3)o2)c1. The minimum Gasteiger partial charge on any atom is -0.411 e. The maximum Gasteiger partial charge on any atom is 0.277 e. The standard InChI is InChI=1S/C25H23N5O2S/c1-15-10-16(2)12-19(11-15)24-28-29-25(32-24)33-14-22(31)27-23-21(13-26)17(3)18(4)30(23)20-8-6-5-7-9-20/h5-12H,14H2,1-4H3,(H,27,31). The highest BCUT2D eigenvalue weighted by Gasteiger charge is 2.21. The topological polar surface area (TPSA) is 96.7 Å². The zero-order valence-corrected chi connectivity index (χ0v) is 19.7. The van der Waals surface area contributed by atoms with E-state index in [1.165, 1.54) is 0 Å². The van der Waals surface area contributed by atoms with Gasteiger partial charge in [-0.2, -0.15) is 5.26 Å². The normalized spacial score (nSPS) is 10.8. The number of carbonyl (C=O) groups excluding carboxylic acids is 1. The Morgan fingerprint density at radius 3 is 2.45 bits per heavy atom. The second kappa shape index (κ2) is 9.35. The predicted octanol–water partition coefficient (Wildman–Crippen LogP) is 5.36. The fourth-order valence-electron chi connectivity index (χ4n) is 3.74. The van der Waals surface area contributed by atoms with Crippen molar-refractivity contribution in [1.82, 2.24) is 14.8 Å². The molecule has 2 aromatic heterocycles. The highest BCUT2D eigenvalue weighted by atomic mass is 32.2. The lowest BCUT2D eigenvalue weighted by Crippen LogP contribution is -2.17. The average Bonchev–Trinajstić information content (AvgIpc) is 3.35. The van der Waals surface area contributed by atoms with Crippen molar-refractivity contribution in [3.8, 4) is 23.2 Å². The Morgan fingerprint density at radius 2 is 1.79 bits per heavy atom. The molecule has 0 aliphatic heterocycles. The molecule has 166 valence electrons. The number of thioether (sulfide) groups is 1. The van der Waals surface area contributed by atoms with Crippen LogP contribution in [0.3, 0.4) is 0 Å². The number of benzene rings is 2. The second-order valence-electron chi connectivity index (χ2n) is 7.80. The second-order valence-corrected chi connectivity index (χ2v) is 8.73. The highest BCUT2D eigenvalue weighted by Crippen LogP contribution is 2.30. The van der Waals surface area contributed by atoms with Crippen LogP contribution in [-0.4, -0.2) is 26.4 Å². The number of aryl methyl sites for hydroxylation is 2. The minimum absolute atomic E-state index is 0.0669. The summed E-state index contributed by atoms with van der Waals surface area (Å²) in [7, 11) is 0. The van der Waals surface area contributed by atoms with Gasteiger partial charge >= 0.3 is 0 Å². The van der Waals surface area contributed by atoms with E-state index >= 15 is 0 Å². The van der Waals surface area contributed by atoms with Crippen molar-refractivity contribution in [2.45, 2.75) is 32.9 Å². The zero-order valence-electron chi connectivity index (χ0n) is 18.8. The van der Waals surface area contributed by atoms with E-state index in [2.05, 4.69) is 27.6 Å². The third-order valence-corrected chi connectivity index (χ3v) is 6.12. The Hall–Kier alpha value is -3.83. The molecule has 0 unspecified atom stereocenters. The summed E-state index contributed by atoms with van der Waals surface area (Å²) in [5, 5.41) is 21.1. The summed E-state index contributed by atoms with van der Waals surface area (Å²) < 4.78 is 7.63. The number of amides is 1. The smallest absolute Gasteiger partial charge is 0.277 e. The van der Waals surface area contributed by atoms with Crippen molar-refractivity contribution in [3.63, 3.8) is 0 Å². The molecule has 0 aliphatic rings. The summed E-state index contributed by atoms with van der Waals surface area (Å²) >= 11 is 1.15. The molecule has 2 heterocycles. The van der Waals surface area contributed by atoms with Crippen molar-refractivity contribution in [2.75, 3.05) is 11.1 Å². The van der Waals surface area contributed by atoms with Gasteiger partial charge in [-0.05, 0) is 57.5 Å². The Kier molecular flexibility index (Phi) is 6.33. The van der Waals surface area contributed by atoms with Crippen molar-refractivity contribution in [3.05, 3.63) is 76.5 Å². The Morgan fingerprint density at radius 1 is 1.09 bits per heavy atom. The lowest BCUT2D eigenvalue weighted by Gasteiger charge is -2.12. The lowest BCUT2D eigenvalue weighted by atomic mass is 10.1. The van der Waals surface area contributed by atoms with E-state index in [0.717, 1.165) is 45.4 Å². The van der Waals surface area contributed by atoms with Crippen LogP contribution in [0.5, 0.6) is 0 Å². The molecule has 0 radical (unpaired) electrons. The Labute approximate surface area is 196 Å². The first-order valence-electron chi connectivity index (χ1n) is 10.4. The molecular formula is C25H23N5O2S. The molecule has 0 bridgehead atoms. The number of nitriles is 1. The van der Waals surface area contributed by atoms with Gasteiger partial charge in [-0.3, -0.25) is 9.36 Å². The number of nitrogens with one attached hydrogen (secondary N) is 1. The van der Waals surface area contributed by atoms with Gasteiger partial charge in [0.05, 0.1) is 11.3 Å². The average molecular weight is 458 g/mol. The summed E-state index contributed by atoms with van der Waals surface area (Å²) in [6, 6.07) is 17.9. The Balaban J connectivity index is 1.51. The van der Waals surface area contributed by atoms with Crippen molar-refractivity contribution in [1.29, 1.82) is 5.26 Å². The number of aromatic nitrogens is 3. The molecule has 4 aromatic rings. The van der Waals surface area contributed by atoms with E-state index in [1.807, 2.05) is 74.7 Å². The summed E-state index contributed by atoms with van der Waals surface area (Å²) in [5.74, 6) is 0.681. The molecule has 0 fully saturated rings. The zero-order chi connectivity index (χ0) is 23.5. The number of carbonyl (C=O) groups is 1. The van der Waals surface area contributed by atoms with Crippen LogP contribution in [-0.2, 0) is 4.79 Å². The molecule has 8 heteroatoms. The van der Waals surface area contributed by atoms with Gasteiger partial charge in [0, 0.05) is 16.9 Å². The molecule has 2 aromatic carbocycles. The van der Waals surface area contributed by atoms with E-state index in [4.69, 9.17) is 4.42 Å². The van der Waals surface area contributed by atoms with Gasteiger partial charge < -0.3 is 9.73 Å². The first-order valence-corrected chi connectivity index (χ1v) is 11.4. The quantitative estimate of drug-likeness (QED) is 0.391. The van der Waals surface area contributed by atoms with Crippen LogP contribution in [0.4, 0.5) is 5.82 Å². The van der Waals surface area contributed by atoms with Gasteiger partial charge in [-0.15, -0.1) is 10.2 Å². The number of rotatable bonds is 6. The monoisotopic (exact) mass is 457 g/mol. The fourth-order valence-corrected chi connectivity index (χ4v) is 4.30. The van der Waals surface area contributed by atoms with Crippen LogP contribution in [0.1, 0.15) is 27.9 Å². The van der Waals surface area contributed by atoms with E-state index in [9.17, 15) is 10.1 Å². The molecular weight excluding hydrogens is 434 g/mol. The van der Waals surface area contributed by atoms with Gasteiger partial charge in [0.2, 0.25) is 11.8 Å². The molecule has 1 N–H and O–H groups in total. The number of nitrogens with zero attached hydrogens (tertiary/aromatic N) is 4. The molecule has 0 spiro atoms. The number of hydrogen-bond donors (Lipinski definition) is 1. The molecule has 33 heavy (non-hydrogen) atoms. The molecule has 7 nitrogen and oxygen atoms in total. The number of para-hydroxylation sites is 1. The van der Waals surface area contributed by atoms with Crippen molar-refractivity contribution < 1.29 is 9.21 Å². The van der Waals surface area contributed by atoms with Gasteiger partial charge in [0.15, 0.2) is 0 Å². The number of anilines is 1. The van der Waals surface area contributed by atoms with Crippen molar-refractivity contribution >= 4 is 23.5 Å². The van der Waals surface area contributed by atoms with Crippen LogP contribution >= 0.6 is 11.8 Å². The first-order chi connectivity index (χ1) is 15.9. The lowest BCUT2D eigenvalue weighted by molar-refractivity contribution is -0.113. The number of hydrogen-bond acceptors (Lipinski definition) is 6. The molecule has 1 amide bonds. The van der Waals surface area contributed by atoms with Gasteiger partial charge in [-0.1, -0.05) is 47.2 Å². The van der Waals surface area contributed by atoms with E-state index in [1.54, 1.807) is 0 Å². The maximum absolute atomic E-state index is 12.8. The van der Waals surface area contributed by atoms with Crippen LogP contribution < -0.4 is 5.32 Å². The maximum atomic E-state index is 12.8. The van der Waals surface area contributed by atoms with Crippen molar-refractivity contribution in [2.24, 2.45) is 0 Å². The summed E-state index contributed by atoms with van der Waals surface area (Å²) in [5.41, 5.74) is 6.12.